The second-order valence-electron chi connectivity index (χ2n) is 6.94. The third-order valence-electron chi connectivity index (χ3n) is 5.11. The maximum absolute atomic E-state index is 11.7. The lowest BCUT2D eigenvalue weighted by Gasteiger charge is -2.46. The fraction of sp³-hybridized carbons (Fsp3) is 0.500. The largest absolute Gasteiger partial charge is 0.369 e. The lowest BCUT2D eigenvalue weighted by Crippen LogP contribution is -2.49. The Bertz CT molecular complexity index is 831. The number of hydrogen-bond acceptors (Lipinski definition) is 4. The first kappa shape index (κ1) is 16.3. The average molecular weight is 365 g/mol. The van der Waals surface area contributed by atoms with Crippen LogP contribution in [0.5, 0.6) is 0 Å². The van der Waals surface area contributed by atoms with Gasteiger partial charge < -0.3 is 14.6 Å². The van der Waals surface area contributed by atoms with E-state index in [4.69, 9.17) is 16.3 Å². The normalized spacial score (nSPS) is 29.6. The van der Waals surface area contributed by atoms with E-state index in [-0.39, 0.29) is 17.2 Å². The van der Waals surface area contributed by atoms with E-state index >= 15 is 0 Å². The summed E-state index contributed by atoms with van der Waals surface area (Å²) in [4.78, 5) is 13.0. The molecule has 2 aliphatic rings. The predicted octanol–water partition coefficient (Wildman–Crippen LogP) is 3.38. The molecule has 0 aliphatic carbocycles. The van der Waals surface area contributed by atoms with Crippen molar-refractivity contribution in [3.05, 3.63) is 55.1 Å². The van der Waals surface area contributed by atoms with E-state index in [0.29, 0.717) is 6.04 Å². The minimum Gasteiger partial charge on any atom is -0.369 e. The number of halogens is 1. The molecule has 0 radical (unpaired) electrons. The van der Waals surface area contributed by atoms with Crippen molar-refractivity contribution < 1.29 is 4.74 Å². The Labute approximate surface area is 150 Å². The fourth-order valence-electron chi connectivity index (χ4n) is 4.10. The molecule has 0 aromatic carbocycles. The molecule has 6 heteroatoms. The van der Waals surface area contributed by atoms with Crippen LogP contribution in [0.15, 0.2) is 29.2 Å². The highest BCUT2D eigenvalue weighted by Gasteiger charge is 2.46. The van der Waals surface area contributed by atoms with E-state index in [2.05, 4.69) is 18.3 Å². The van der Waals surface area contributed by atoms with Crippen molar-refractivity contribution in [2.75, 3.05) is 6.61 Å². The molecular weight excluding hydrogens is 344 g/mol. The van der Waals surface area contributed by atoms with Crippen molar-refractivity contribution in [2.24, 2.45) is 7.05 Å². The minimum absolute atomic E-state index is 0.0126. The Kier molecular flexibility index (Phi) is 4.07. The first-order chi connectivity index (χ1) is 11.5. The number of piperidine rings is 1. The second-order valence-corrected chi connectivity index (χ2v) is 8.62. The molecule has 1 spiro atoms. The number of ether oxygens (including phenoxy) is 1. The van der Waals surface area contributed by atoms with Crippen LogP contribution in [0, 0.1) is 0 Å². The Morgan fingerprint density at radius 3 is 3.04 bits per heavy atom. The van der Waals surface area contributed by atoms with Crippen molar-refractivity contribution in [1.82, 2.24) is 9.88 Å². The molecule has 3 atom stereocenters. The SMILES string of the molecule is C[C@H]1C[C@@]2(C[C@@H](c3ccc(=O)n(C)c3)N1)OCCc1cc(Cl)sc12. The monoisotopic (exact) mass is 364 g/mol. The summed E-state index contributed by atoms with van der Waals surface area (Å²) in [5.41, 5.74) is 2.21. The van der Waals surface area contributed by atoms with Gasteiger partial charge in [-0.3, -0.25) is 4.79 Å². The summed E-state index contributed by atoms with van der Waals surface area (Å²) in [7, 11) is 1.79. The van der Waals surface area contributed by atoms with E-state index in [9.17, 15) is 4.79 Å². The molecular formula is C18H21ClN2O2S. The number of thiophene rings is 1. The number of aromatic nitrogens is 1. The Morgan fingerprint density at radius 1 is 1.42 bits per heavy atom. The van der Waals surface area contributed by atoms with Gasteiger partial charge in [-0.1, -0.05) is 17.7 Å². The number of hydrogen-bond donors (Lipinski definition) is 1. The van der Waals surface area contributed by atoms with Crippen molar-refractivity contribution >= 4 is 22.9 Å². The van der Waals surface area contributed by atoms with Crippen LogP contribution < -0.4 is 10.9 Å². The first-order valence-electron chi connectivity index (χ1n) is 8.32. The van der Waals surface area contributed by atoms with Crippen molar-refractivity contribution in [3.63, 3.8) is 0 Å². The fourth-order valence-corrected chi connectivity index (χ4v) is 5.56. The number of aryl methyl sites for hydroxylation is 1. The summed E-state index contributed by atoms with van der Waals surface area (Å²) in [6, 6.07) is 6.15. The zero-order chi connectivity index (χ0) is 16.9. The second kappa shape index (κ2) is 5.99. The van der Waals surface area contributed by atoms with Gasteiger partial charge in [-0.15, -0.1) is 11.3 Å². The quantitative estimate of drug-likeness (QED) is 0.843. The molecule has 4 nitrogen and oxygen atoms in total. The number of pyridine rings is 1. The van der Waals surface area contributed by atoms with Gasteiger partial charge in [0.15, 0.2) is 0 Å². The highest BCUT2D eigenvalue weighted by Crippen LogP contribution is 2.49. The number of fused-ring (bicyclic) bond motifs is 2. The topological polar surface area (TPSA) is 43.3 Å². The predicted molar refractivity (Wildman–Crippen MR) is 96.9 cm³/mol. The summed E-state index contributed by atoms with van der Waals surface area (Å²) in [6.45, 7) is 2.94. The summed E-state index contributed by atoms with van der Waals surface area (Å²) in [5, 5.41) is 3.66. The molecule has 24 heavy (non-hydrogen) atoms. The molecule has 0 saturated carbocycles. The van der Waals surface area contributed by atoms with Gasteiger partial charge in [0.1, 0.15) is 5.60 Å². The molecule has 4 rings (SSSR count). The van der Waals surface area contributed by atoms with Crippen LogP contribution in [0.2, 0.25) is 4.34 Å². The molecule has 0 bridgehead atoms. The molecule has 1 N–H and O–H groups in total. The van der Waals surface area contributed by atoms with Crippen LogP contribution in [0.4, 0.5) is 0 Å². The van der Waals surface area contributed by atoms with Gasteiger partial charge >= 0.3 is 0 Å². The first-order valence-corrected chi connectivity index (χ1v) is 9.51. The van der Waals surface area contributed by atoms with Gasteiger partial charge in [-0.25, -0.2) is 0 Å². The van der Waals surface area contributed by atoms with Crippen LogP contribution in [0.1, 0.15) is 41.8 Å². The molecule has 2 aromatic rings. The minimum atomic E-state index is -0.268. The summed E-state index contributed by atoms with van der Waals surface area (Å²) < 4.78 is 8.84. The molecule has 2 aromatic heterocycles. The standard InChI is InChI=1S/C18H21ClN2O2S/c1-11-8-18(17-12(5-6-23-18)7-15(19)24-17)9-14(20-11)13-3-4-16(22)21(2)10-13/h3-4,7,10-11,14,20H,5-6,8-9H2,1-2H3/t11-,14-,18-/m0/s1. The van der Waals surface area contributed by atoms with E-state index in [0.717, 1.165) is 35.8 Å². The highest BCUT2D eigenvalue weighted by molar-refractivity contribution is 7.16. The van der Waals surface area contributed by atoms with Crippen LogP contribution in [0.3, 0.4) is 0 Å². The maximum atomic E-state index is 11.7. The lowest BCUT2D eigenvalue weighted by molar-refractivity contribution is -0.0954. The molecule has 1 fully saturated rings. The average Bonchev–Trinajstić information content (AvgIpc) is 2.92. The van der Waals surface area contributed by atoms with Crippen LogP contribution >= 0.6 is 22.9 Å². The molecule has 1 saturated heterocycles. The van der Waals surface area contributed by atoms with Gasteiger partial charge in [0.25, 0.3) is 0 Å². The number of nitrogens with zero attached hydrogens (tertiary/aromatic N) is 1. The molecule has 4 heterocycles. The van der Waals surface area contributed by atoms with E-state index in [1.807, 2.05) is 12.3 Å². The summed E-state index contributed by atoms with van der Waals surface area (Å²) in [6.07, 6.45) is 4.67. The number of nitrogens with one attached hydrogen (secondary N) is 1. The molecule has 2 aliphatic heterocycles. The van der Waals surface area contributed by atoms with Crippen molar-refractivity contribution in [3.8, 4) is 0 Å². The van der Waals surface area contributed by atoms with Crippen LogP contribution in [0.25, 0.3) is 0 Å². The van der Waals surface area contributed by atoms with E-state index in [1.165, 1.54) is 10.4 Å². The number of rotatable bonds is 1. The van der Waals surface area contributed by atoms with Gasteiger partial charge in [0.05, 0.1) is 10.9 Å². The van der Waals surface area contributed by atoms with E-state index < -0.39 is 0 Å². The third-order valence-corrected chi connectivity index (χ3v) is 6.60. The smallest absolute Gasteiger partial charge is 0.250 e. The Hall–Kier alpha value is -1.14. The zero-order valence-electron chi connectivity index (χ0n) is 13.8. The Balaban J connectivity index is 1.73. The van der Waals surface area contributed by atoms with Gasteiger partial charge in [-0.2, -0.15) is 0 Å². The molecule has 128 valence electrons. The Morgan fingerprint density at radius 2 is 2.25 bits per heavy atom. The maximum Gasteiger partial charge on any atom is 0.250 e. The molecule has 0 amide bonds. The van der Waals surface area contributed by atoms with Gasteiger partial charge in [0.2, 0.25) is 5.56 Å². The zero-order valence-corrected chi connectivity index (χ0v) is 15.4. The summed E-state index contributed by atoms with van der Waals surface area (Å²) in [5.74, 6) is 0. The van der Waals surface area contributed by atoms with Gasteiger partial charge in [0, 0.05) is 42.7 Å². The summed E-state index contributed by atoms with van der Waals surface area (Å²) >= 11 is 7.95. The molecule has 0 unspecified atom stereocenters. The highest BCUT2D eigenvalue weighted by atomic mass is 35.5. The van der Waals surface area contributed by atoms with Gasteiger partial charge in [-0.05, 0) is 37.0 Å². The van der Waals surface area contributed by atoms with Crippen molar-refractivity contribution in [2.45, 2.75) is 43.9 Å². The van der Waals surface area contributed by atoms with E-state index in [1.54, 1.807) is 29.0 Å². The van der Waals surface area contributed by atoms with Crippen LogP contribution in [-0.2, 0) is 23.8 Å². The lowest BCUT2D eigenvalue weighted by atomic mass is 9.78. The van der Waals surface area contributed by atoms with Crippen molar-refractivity contribution in [1.29, 1.82) is 0 Å². The third kappa shape index (κ3) is 2.73. The van der Waals surface area contributed by atoms with Crippen LogP contribution in [-0.4, -0.2) is 17.2 Å².